The summed E-state index contributed by atoms with van der Waals surface area (Å²) in [6.45, 7) is 9.23. The van der Waals surface area contributed by atoms with Crippen molar-refractivity contribution in [1.82, 2.24) is 5.32 Å². The second kappa shape index (κ2) is 9.35. The van der Waals surface area contributed by atoms with Gasteiger partial charge in [-0.15, -0.1) is 0 Å². The maximum Gasteiger partial charge on any atom is 0.0721 e. The molecule has 0 bridgehead atoms. The summed E-state index contributed by atoms with van der Waals surface area (Å²) in [4.78, 5) is 0. The summed E-state index contributed by atoms with van der Waals surface area (Å²) < 4.78 is 5.98. The first-order valence-corrected chi connectivity index (χ1v) is 7.56. The van der Waals surface area contributed by atoms with E-state index in [1.165, 1.54) is 0 Å². The fourth-order valence-corrected chi connectivity index (χ4v) is 2.15. The highest BCUT2D eigenvalue weighted by atomic mass is 35.5. The van der Waals surface area contributed by atoms with Crippen molar-refractivity contribution in [1.29, 1.82) is 0 Å². The van der Waals surface area contributed by atoms with Crippen LogP contribution in [0.2, 0.25) is 5.02 Å². The minimum Gasteiger partial charge on any atom is -0.372 e. The topological polar surface area (TPSA) is 21.3 Å². The normalized spacial score (nSPS) is 12.9. The number of benzene rings is 1. The lowest BCUT2D eigenvalue weighted by molar-refractivity contribution is 0.0345. The van der Waals surface area contributed by atoms with Crippen LogP contribution < -0.4 is 5.32 Å². The molecule has 19 heavy (non-hydrogen) atoms. The predicted molar refractivity (Wildman–Crippen MR) is 82.6 cm³/mol. The van der Waals surface area contributed by atoms with Gasteiger partial charge in [-0.1, -0.05) is 50.9 Å². The highest BCUT2D eigenvalue weighted by molar-refractivity contribution is 6.30. The summed E-state index contributed by atoms with van der Waals surface area (Å²) in [5.41, 5.74) is 1.14. The van der Waals surface area contributed by atoms with Crippen molar-refractivity contribution in [2.75, 3.05) is 13.1 Å². The monoisotopic (exact) mass is 283 g/mol. The smallest absolute Gasteiger partial charge is 0.0721 e. The molecular formula is C16H26ClNO. The summed E-state index contributed by atoms with van der Waals surface area (Å²) in [6, 6.07) is 7.87. The number of hydrogen-bond donors (Lipinski definition) is 1. The van der Waals surface area contributed by atoms with E-state index in [1.807, 2.05) is 18.2 Å². The summed E-state index contributed by atoms with van der Waals surface area (Å²) >= 11 is 5.97. The molecule has 0 fully saturated rings. The van der Waals surface area contributed by atoms with Crippen molar-refractivity contribution >= 4 is 11.6 Å². The van der Waals surface area contributed by atoms with E-state index in [0.29, 0.717) is 12.5 Å². The number of hydrogen-bond acceptors (Lipinski definition) is 2. The van der Waals surface area contributed by atoms with E-state index in [9.17, 15) is 0 Å². The minimum absolute atomic E-state index is 0.280. The first-order chi connectivity index (χ1) is 9.11. The molecule has 1 N–H and O–H groups in total. The molecule has 0 amide bonds. The number of ether oxygens (including phenoxy) is 1. The average Bonchev–Trinajstić information content (AvgIpc) is 2.35. The molecule has 0 aliphatic rings. The van der Waals surface area contributed by atoms with E-state index in [4.69, 9.17) is 16.3 Å². The number of rotatable bonds is 9. The Kier molecular flexibility index (Phi) is 8.11. The predicted octanol–water partition coefficient (Wildman–Crippen LogP) is 4.27. The zero-order chi connectivity index (χ0) is 14.1. The van der Waals surface area contributed by atoms with E-state index >= 15 is 0 Å². The molecule has 0 saturated heterocycles. The van der Waals surface area contributed by atoms with Gasteiger partial charge < -0.3 is 10.1 Å². The van der Waals surface area contributed by atoms with Crippen LogP contribution >= 0.6 is 11.6 Å². The quantitative estimate of drug-likeness (QED) is 0.731. The van der Waals surface area contributed by atoms with Crippen LogP contribution in [-0.4, -0.2) is 19.2 Å². The molecular weight excluding hydrogens is 258 g/mol. The van der Waals surface area contributed by atoms with Crippen molar-refractivity contribution < 1.29 is 4.74 Å². The fraction of sp³-hybridized carbons (Fsp3) is 0.625. The van der Waals surface area contributed by atoms with Gasteiger partial charge in [0.15, 0.2) is 0 Å². The van der Waals surface area contributed by atoms with Gasteiger partial charge in [0.05, 0.1) is 12.7 Å². The highest BCUT2D eigenvalue weighted by Crippen LogP contribution is 2.13. The zero-order valence-electron chi connectivity index (χ0n) is 12.3. The van der Waals surface area contributed by atoms with E-state index in [-0.39, 0.29) is 6.10 Å². The van der Waals surface area contributed by atoms with Crippen molar-refractivity contribution in [3.05, 3.63) is 34.9 Å². The Hall–Kier alpha value is -0.570. The lowest BCUT2D eigenvalue weighted by Crippen LogP contribution is -2.31. The highest BCUT2D eigenvalue weighted by Gasteiger charge is 2.08. The van der Waals surface area contributed by atoms with Gasteiger partial charge >= 0.3 is 0 Å². The van der Waals surface area contributed by atoms with E-state index in [0.717, 1.165) is 36.5 Å². The van der Waals surface area contributed by atoms with E-state index in [1.54, 1.807) is 0 Å². The summed E-state index contributed by atoms with van der Waals surface area (Å²) in [5.74, 6) is 0.676. The Morgan fingerprint density at radius 1 is 1.26 bits per heavy atom. The molecule has 0 heterocycles. The molecule has 0 aromatic heterocycles. The van der Waals surface area contributed by atoms with Crippen LogP contribution in [0.4, 0.5) is 0 Å². The maximum absolute atomic E-state index is 5.98. The molecule has 0 saturated carbocycles. The fourth-order valence-electron chi connectivity index (χ4n) is 1.94. The lowest BCUT2D eigenvalue weighted by Gasteiger charge is -2.19. The van der Waals surface area contributed by atoms with E-state index < -0.39 is 0 Å². The third kappa shape index (κ3) is 7.56. The molecule has 108 valence electrons. The maximum atomic E-state index is 5.98. The molecule has 2 nitrogen and oxygen atoms in total. The van der Waals surface area contributed by atoms with Crippen molar-refractivity contribution in [2.24, 2.45) is 5.92 Å². The minimum atomic E-state index is 0.280. The average molecular weight is 284 g/mol. The standard InChI is InChI=1S/C16H26ClNO/c1-4-6-16(11-18-10-13(2)3)19-12-14-7-5-8-15(17)9-14/h5,7-9,13,16,18H,4,6,10-12H2,1-3H3. The summed E-state index contributed by atoms with van der Waals surface area (Å²) in [7, 11) is 0. The van der Waals surface area contributed by atoms with Crippen LogP contribution in [0.25, 0.3) is 0 Å². The van der Waals surface area contributed by atoms with Crippen molar-refractivity contribution in [3.63, 3.8) is 0 Å². The van der Waals surface area contributed by atoms with Gasteiger partial charge in [-0.25, -0.2) is 0 Å². The molecule has 0 spiro atoms. The van der Waals surface area contributed by atoms with Crippen LogP contribution in [0.5, 0.6) is 0 Å². The number of nitrogens with one attached hydrogen (secondary N) is 1. The second-order valence-electron chi connectivity index (χ2n) is 5.40. The summed E-state index contributed by atoms with van der Waals surface area (Å²) in [6.07, 6.45) is 2.51. The van der Waals surface area contributed by atoms with Crippen molar-refractivity contribution in [2.45, 2.75) is 46.3 Å². The first-order valence-electron chi connectivity index (χ1n) is 7.18. The molecule has 0 aliphatic heterocycles. The first kappa shape index (κ1) is 16.5. The largest absolute Gasteiger partial charge is 0.372 e. The van der Waals surface area contributed by atoms with Gasteiger partial charge in [0.25, 0.3) is 0 Å². The van der Waals surface area contributed by atoms with Gasteiger partial charge in [-0.05, 0) is 36.6 Å². The second-order valence-corrected chi connectivity index (χ2v) is 5.84. The van der Waals surface area contributed by atoms with E-state index in [2.05, 4.69) is 32.2 Å². The molecule has 0 aliphatic carbocycles. The van der Waals surface area contributed by atoms with Crippen LogP contribution in [-0.2, 0) is 11.3 Å². The van der Waals surface area contributed by atoms with Crippen LogP contribution in [0, 0.1) is 5.92 Å². The van der Waals surface area contributed by atoms with Gasteiger partial charge in [0.2, 0.25) is 0 Å². The molecule has 1 rings (SSSR count). The van der Waals surface area contributed by atoms with Gasteiger partial charge in [-0.3, -0.25) is 0 Å². The summed E-state index contributed by atoms with van der Waals surface area (Å²) in [5, 5.41) is 4.24. The zero-order valence-corrected chi connectivity index (χ0v) is 13.0. The third-order valence-corrected chi connectivity index (χ3v) is 3.15. The van der Waals surface area contributed by atoms with Crippen LogP contribution in [0.3, 0.4) is 0 Å². The SMILES string of the molecule is CCCC(CNCC(C)C)OCc1cccc(Cl)c1. The molecule has 0 radical (unpaired) electrons. The molecule has 1 unspecified atom stereocenters. The lowest BCUT2D eigenvalue weighted by atomic mass is 10.2. The Balaban J connectivity index is 2.36. The van der Waals surface area contributed by atoms with Crippen molar-refractivity contribution in [3.8, 4) is 0 Å². The Labute approximate surface area is 122 Å². The molecule has 1 aromatic rings. The van der Waals surface area contributed by atoms with Crippen LogP contribution in [0.15, 0.2) is 24.3 Å². The number of halogens is 1. The molecule has 1 atom stereocenters. The van der Waals surface area contributed by atoms with Gasteiger partial charge in [0, 0.05) is 11.6 Å². The molecule has 1 aromatic carbocycles. The van der Waals surface area contributed by atoms with Crippen LogP contribution in [0.1, 0.15) is 39.2 Å². The molecule has 3 heteroatoms. The van der Waals surface area contributed by atoms with Gasteiger partial charge in [0.1, 0.15) is 0 Å². The Morgan fingerprint density at radius 2 is 2.05 bits per heavy atom. The Morgan fingerprint density at radius 3 is 2.68 bits per heavy atom. The third-order valence-electron chi connectivity index (χ3n) is 2.91. The van der Waals surface area contributed by atoms with Gasteiger partial charge in [-0.2, -0.15) is 0 Å². The Bertz CT molecular complexity index is 354.